The lowest BCUT2D eigenvalue weighted by Crippen LogP contribution is -2.14. The highest BCUT2D eigenvalue weighted by molar-refractivity contribution is 6.30. The Morgan fingerprint density at radius 2 is 1.78 bits per heavy atom. The minimum atomic E-state index is -0.310. The molecule has 0 radical (unpaired) electrons. The van der Waals surface area contributed by atoms with E-state index < -0.39 is 0 Å². The second-order valence-electron chi connectivity index (χ2n) is 8.90. The molecule has 0 atom stereocenters. The number of carbonyl (C=O) groups is 1. The maximum atomic E-state index is 11.6. The van der Waals surface area contributed by atoms with Gasteiger partial charge >= 0.3 is 5.97 Å². The summed E-state index contributed by atoms with van der Waals surface area (Å²) < 4.78 is 4.76. The van der Waals surface area contributed by atoms with Crippen LogP contribution in [-0.4, -0.2) is 33.2 Å². The highest BCUT2D eigenvalue weighted by Crippen LogP contribution is 2.36. The van der Waals surface area contributed by atoms with Crippen LogP contribution in [0.5, 0.6) is 5.75 Å². The van der Waals surface area contributed by atoms with Crippen LogP contribution in [0, 0.1) is 0 Å². The number of aromatic nitrogens is 3. The largest absolute Gasteiger partial charge is 0.505 e. The van der Waals surface area contributed by atoms with E-state index in [-0.39, 0.29) is 23.6 Å². The molecule has 2 aromatic carbocycles. The molecule has 3 rings (SSSR count). The van der Waals surface area contributed by atoms with Gasteiger partial charge in [0.05, 0.1) is 7.11 Å². The quantitative estimate of drug-likeness (QED) is 0.472. The molecule has 0 fully saturated rings. The molecule has 32 heavy (non-hydrogen) atoms. The zero-order chi connectivity index (χ0) is 23.3. The topological polar surface area (TPSA) is 77.2 Å². The Labute approximate surface area is 194 Å². The fraction of sp³-hybridized carbons (Fsp3) is 0.400. The summed E-state index contributed by atoms with van der Waals surface area (Å²) in [4.78, 5) is 13.0. The van der Waals surface area contributed by atoms with Crippen molar-refractivity contribution in [3.05, 3.63) is 70.0 Å². The van der Waals surface area contributed by atoms with E-state index in [0.29, 0.717) is 29.4 Å². The smallest absolute Gasteiger partial charge is 0.305 e. The highest BCUT2D eigenvalue weighted by atomic mass is 35.5. The minimum absolute atomic E-state index is 0.113. The molecule has 0 spiro atoms. The maximum absolute atomic E-state index is 11.6. The van der Waals surface area contributed by atoms with Gasteiger partial charge in [-0.25, -0.2) is 0 Å². The highest BCUT2D eigenvalue weighted by Gasteiger charge is 2.24. The van der Waals surface area contributed by atoms with Gasteiger partial charge in [-0.15, -0.1) is 9.90 Å². The molecule has 3 aromatic rings. The Morgan fingerprint density at radius 3 is 2.44 bits per heavy atom. The first kappa shape index (κ1) is 23.8. The van der Waals surface area contributed by atoms with E-state index in [4.69, 9.17) is 16.3 Å². The number of aryl methyl sites for hydroxylation is 3. The number of benzene rings is 2. The van der Waals surface area contributed by atoms with Gasteiger partial charge in [-0.1, -0.05) is 68.8 Å². The van der Waals surface area contributed by atoms with E-state index in [1.54, 1.807) is 6.07 Å². The van der Waals surface area contributed by atoms with Gasteiger partial charge in [0.2, 0.25) is 0 Å². The third-order valence-corrected chi connectivity index (χ3v) is 5.67. The molecule has 1 heterocycles. The fourth-order valence-electron chi connectivity index (χ4n) is 3.58. The molecule has 0 unspecified atom stereocenters. The summed E-state index contributed by atoms with van der Waals surface area (Å²) in [5.74, 6) is -0.167. The van der Waals surface area contributed by atoms with Crippen molar-refractivity contribution in [2.45, 2.75) is 58.3 Å². The van der Waals surface area contributed by atoms with E-state index >= 15 is 0 Å². The molecule has 0 saturated heterocycles. The second kappa shape index (κ2) is 10.2. The third-order valence-electron chi connectivity index (χ3n) is 5.38. The van der Waals surface area contributed by atoms with E-state index in [0.717, 1.165) is 24.0 Å². The Hall–Kier alpha value is -2.86. The van der Waals surface area contributed by atoms with Gasteiger partial charge in [-0.2, -0.15) is 5.10 Å². The number of phenolic OH excluding ortho intramolecular Hbond substituents is 1. The van der Waals surface area contributed by atoms with Gasteiger partial charge < -0.3 is 9.84 Å². The molecule has 1 N–H and O–H groups in total. The molecule has 7 heteroatoms. The van der Waals surface area contributed by atoms with Crippen LogP contribution in [0.1, 0.15) is 56.0 Å². The third kappa shape index (κ3) is 5.88. The fourth-order valence-corrected chi connectivity index (χ4v) is 3.78. The second-order valence-corrected chi connectivity index (χ2v) is 9.26. The molecule has 6 nitrogen and oxygen atoms in total. The molecule has 170 valence electrons. The Bertz CT molecular complexity index is 1070. The molecular weight excluding hydrogens is 426 g/mol. The van der Waals surface area contributed by atoms with Gasteiger partial charge in [0.15, 0.2) is 5.15 Å². The molecule has 0 bridgehead atoms. The van der Waals surface area contributed by atoms with Crippen molar-refractivity contribution in [2.24, 2.45) is 0 Å². The van der Waals surface area contributed by atoms with Crippen molar-refractivity contribution in [2.75, 3.05) is 7.11 Å². The Kier molecular flexibility index (Phi) is 7.56. The van der Waals surface area contributed by atoms with Crippen molar-refractivity contribution >= 4 is 17.6 Å². The van der Waals surface area contributed by atoms with Crippen LogP contribution in [0.4, 0.5) is 0 Å². The number of hydrogen-bond donors (Lipinski definition) is 1. The number of phenols is 1. The first-order valence-corrected chi connectivity index (χ1v) is 11.2. The number of aromatic hydroxyl groups is 1. The van der Waals surface area contributed by atoms with Crippen molar-refractivity contribution in [1.82, 2.24) is 15.0 Å². The lowest BCUT2D eigenvalue weighted by Gasteiger charge is -2.23. The number of halogens is 1. The number of rotatable bonds is 8. The number of carbonyl (C=O) groups excluding carboxylic acids is 1. The number of nitrogens with zero attached hydrogens (tertiary/aromatic N) is 3. The van der Waals surface area contributed by atoms with E-state index in [1.807, 2.05) is 45.0 Å². The van der Waals surface area contributed by atoms with E-state index in [9.17, 15) is 9.90 Å². The molecule has 0 amide bonds. The number of ether oxygens (including phenoxy) is 1. The van der Waals surface area contributed by atoms with Crippen LogP contribution in [0.25, 0.3) is 5.69 Å². The van der Waals surface area contributed by atoms with Crippen LogP contribution in [0.15, 0.2) is 42.5 Å². The van der Waals surface area contributed by atoms with Crippen LogP contribution in [0.2, 0.25) is 5.15 Å². The summed E-state index contributed by atoms with van der Waals surface area (Å²) in [7, 11) is 1.38. The summed E-state index contributed by atoms with van der Waals surface area (Å²) in [6, 6.07) is 14.0. The van der Waals surface area contributed by atoms with Gasteiger partial charge in [0.1, 0.15) is 17.1 Å². The predicted octanol–water partition coefficient (Wildman–Crippen LogP) is 5.20. The lowest BCUT2D eigenvalue weighted by molar-refractivity contribution is -0.140. The van der Waals surface area contributed by atoms with Crippen molar-refractivity contribution in [3.8, 4) is 11.4 Å². The van der Waals surface area contributed by atoms with E-state index in [1.165, 1.54) is 17.5 Å². The average Bonchev–Trinajstić information content (AvgIpc) is 3.12. The molecule has 1 aromatic heterocycles. The van der Waals surface area contributed by atoms with Gasteiger partial charge in [-0.3, -0.25) is 4.79 Å². The molecule has 0 aliphatic rings. The lowest BCUT2D eigenvalue weighted by atomic mass is 9.84. The SMILES string of the molecule is COC(=O)CCc1cc(-n2nc(Cl)c(CCCc3ccccc3)n2)c(O)c(C(C)(C)C)c1. The first-order chi connectivity index (χ1) is 15.2. The average molecular weight is 456 g/mol. The summed E-state index contributed by atoms with van der Waals surface area (Å²) in [5, 5.41) is 20.3. The maximum Gasteiger partial charge on any atom is 0.305 e. The summed E-state index contributed by atoms with van der Waals surface area (Å²) in [6.07, 6.45) is 3.24. The summed E-state index contributed by atoms with van der Waals surface area (Å²) in [5.41, 5.74) is 3.76. The van der Waals surface area contributed by atoms with Crippen molar-refractivity contribution < 1.29 is 14.6 Å². The number of hydrogen-bond acceptors (Lipinski definition) is 5. The molecule has 0 aliphatic heterocycles. The standard InChI is InChI=1S/C25H30ClN3O3/c1-25(2,3)19-15-18(13-14-22(30)32-4)16-21(23(19)31)29-27-20(24(26)28-29)12-8-11-17-9-6-5-7-10-17/h5-7,9-10,15-16,31H,8,11-14H2,1-4H3. The zero-order valence-corrected chi connectivity index (χ0v) is 19.8. The van der Waals surface area contributed by atoms with E-state index in [2.05, 4.69) is 22.3 Å². The minimum Gasteiger partial charge on any atom is -0.505 e. The van der Waals surface area contributed by atoms with Crippen LogP contribution < -0.4 is 0 Å². The first-order valence-electron chi connectivity index (χ1n) is 10.8. The number of esters is 1. The predicted molar refractivity (Wildman–Crippen MR) is 126 cm³/mol. The Morgan fingerprint density at radius 1 is 1.06 bits per heavy atom. The van der Waals surface area contributed by atoms with Crippen molar-refractivity contribution in [1.29, 1.82) is 0 Å². The molecular formula is C25H30ClN3O3. The van der Waals surface area contributed by atoms with Crippen LogP contribution in [0.3, 0.4) is 0 Å². The monoisotopic (exact) mass is 455 g/mol. The van der Waals surface area contributed by atoms with Gasteiger partial charge in [-0.05, 0) is 48.3 Å². The van der Waals surface area contributed by atoms with Crippen molar-refractivity contribution in [3.63, 3.8) is 0 Å². The zero-order valence-electron chi connectivity index (χ0n) is 19.1. The summed E-state index contributed by atoms with van der Waals surface area (Å²) in [6.45, 7) is 6.07. The van der Waals surface area contributed by atoms with Gasteiger partial charge in [0, 0.05) is 12.0 Å². The molecule has 0 aliphatic carbocycles. The number of methoxy groups -OCH3 is 1. The summed E-state index contributed by atoms with van der Waals surface area (Å²) >= 11 is 6.38. The molecule has 0 saturated carbocycles. The van der Waals surface area contributed by atoms with Crippen LogP contribution >= 0.6 is 11.6 Å². The normalized spacial score (nSPS) is 11.5. The van der Waals surface area contributed by atoms with Gasteiger partial charge in [0.25, 0.3) is 0 Å². The van der Waals surface area contributed by atoms with Crippen LogP contribution in [-0.2, 0) is 34.2 Å². The Balaban J connectivity index is 1.87.